The summed E-state index contributed by atoms with van der Waals surface area (Å²) in [5.41, 5.74) is 0.288. The molecule has 4 rings (SSSR count). The Morgan fingerprint density at radius 1 is 1.06 bits per heavy atom. The second-order valence-electron chi connectivity index (χ2n) is 8.73. The second kappa shape index (κ2) is 9.94. The van der Waals surface area contributed by atoms with E-state index in [1.807, 2.05) is 30.0 Å². The fourth-order valence-corrected chi connectivity index (χ4v) is 4.43. The summed E-state index contributed by atoms with van der Waals surface area (Å²) < 4.78 is 38.1. The summed E-state index contributed by atoms with van der Waals surface area (Å²) in [5.74, 6) is 0.390. The predicted octanol–water partition coefficient (Wildman–Crippen LogP) is 3.38. The van der Waals surface area contributed by atoms with Crippen LogP contribution in [0, 0.1) is 0 Å². The van der Waals surface area contributed by atoms with Gasteiger partial charge in [0.15, 0.2) is 5.69 Å². The number of rotatable bonds is 4. The SMILES string of the molecule is C[C@@H]1CN(c2cnc(C(F)(F)F)cn2)CCN1C(=O)NC1CCN(Cc2ccccc2)CC1. The van der Waals surface area contributed by atoms with Crippen molar-refractivity contribution in [2.24, 2.45) is 0 Å². The molecule has 178 valence electrons. The van der Waals surface area contributed by atoms with Gasteiger partial charge in [-0.25, -0.2) is 14.8 Å². The van der Waals surface area contributed by atoms with Gasteiger partial charge in [-0.3, -0.25) is 4.90 Å². The molecule has 10 heteroatoms. The van der Waals surface area contributed by atoms with E-state index in [1.165, 1.54) is 5.56 Å². The normalized spacial score (nSPS) is 20.7. The number of carbonyl (C=O) groups excluding carboxylic acids is 1. The number of piperidine rings is 1. The molecule has 0 aliphatic carbocycles. The first-order valence-corrected chi connectivity index (χ1v) is 11.3. The number of carbonyl (C=O) groups is 1. The molecule has 1 aromatic carbocycles. The van der Waals surface area contributed by atoms with E-state index in [2.05, 4.69) is 32.3 Å². The number of anilines is 1. The van der Waals surface area contributed by atoms with Crippen LogP contribution in [0.3, 0.4) is 0 Å². The average Bonchev–Trinajstić information content (AvgIpc) is 2.80. The molecular formula is C23H29F3N6O. The monoisotopic (exact) mass is 462 g/mol. The molecular weight excluding hydrogens is 433 g/mol. The smallest absolute Gasteiger partial charge is 0.352 e. The summed E-state index contributed by atoms with van der Waals surface area (Å²) in [6.07, 6.45) is -0.785. The van der Waals surface area contributed by atoms with Gasteiger partial charge >= 0.3 is 12.2 Å². The molecule has 1 atom stereocenters. The first kappa shape index (κ1) is 23.3. The maximum absolute atomic E-state index is 12.9. The van der Waals surface area contributed by atoms with Gasteiger partial charge in [0.25, 0.3) is 0 Å². The number of likely N-dealkylation sites (tertiary alicyclic amines) is 1. The quantitative estimate of drug-likeness (QED) is 0.755. The number of aromatic nitrogens is 2. The van der Waals surface area contributed by atoms with Gasteiger partial charge < -0.3 is 15.1 Å². The van der Waals surface area contributed by atoms with Crippen LogP contribution >= 0.6 is 0 Å². The Morgan fingerprint density at radius 2 is 1.79 bits per heavy atom. The van der Waals surface area contributed by atoms with E-state index >= 15 is 0 Å². The van der Waals surface area contributed by atoms with Crippen molar-refractivity contribution in [3.05, 3.63) is 54.0 Å². The van der Waals surface area contributed by atoms with Crippen molar-refractivity contribution in [3.8, 4) is 0 Å². The van der Waals surface area contributed by atoms with Gasteiger partial charge in [-0.15, -0.1) is 0 Å². The molecule has 0 radical (unpaired) electrons. The van der Waals surface area contributed by atoms with Crippen LogP contribution in [0.5, 0.6) is 0 Å². The van der Waals surface area contributed by atoms with Gasteiger partial charge in [0.2, 0.25) is 0 Å². The zero-order chi connectivity index (χ0) is 23.4. The van der Waals surface area contributed by atoms with Crippen LogP contribution in [0.15, 0.2) is 42.7 Å². The van der Waals surface area contributed by atoms with Gasteiger partial charge in [-0.1, -0.05) is 30.3 Å². The third-order valence-electron chi connectivity index (χ3n) is 6.31. The third-order valence-corrected chi connectivity index (χ3v) is 6.31. The lowest BCUT2D eigenvalue weighted by atomic mass is 10.0. The summed E-state index contributed by atoms with van der Waals surface area (Å²) in [6.45, 7) is 6.20. The summed E-state index contributed by atoms with van der Waals surface area (Å²) in [5, 5.41) is 3.17. The van der Waals surface area contributed by atoms with Crippen molar-refractivity contribution < 1.29 is 18.0 Å². The van der Waals surface area contributed by atoms with E-state index in [0.717, 1.165) is 44.9 Å². The van der Waals surface area contributed by atoms with E-state index in [9.17, 15) is 18.0 Å². The highest BCUT2D eigenvalue weighted by Gasteiger charge is 2.34. The average molecular weight is 463 g/mol. The molecule has 1 aromatic heterocycles. The van der Waals surface area contributed by atoms with Crippen LogP contribution in [-0.4, -0.2) is 70.6 Å². The zero-order valence-electron chi connectivity index (χ0n) is 18.6. The number of nitrogens with one attached hydrogen (secondary N) is 1. The predicted molar refractivity (Wildman–Crippen MR) is 119 cm³/mol. The van der Waals surface area contributed by atoms with Crippen LogP contribution in [0.2, 0.25) is 0 Å². The van der Waals surface area contributed by atoms with Crippen LogP contribution in [-0.2, 0) is 12.7 Å². The molecule has 7 nitrogen and oxygen atoms in total. The van der Waals surface area contributed by atoms with Crippen LogP contribution in [0.25, 0.3) is 0 Å². The van der Waals surface area contributed by atoms with Crippen LogP contribution in [0.1, 0.15) is 31.0 Å². The third kappa shape index (κ3) is 5.93. The Hall–Kier alpha value is -2.88. The molecule has 2 aliphatic rings. The topological polar surface area (TPSA) is 64.6 Å². The Bertz CT molecular complexity index is 916. The molecule has 0 spiro atoms. The van der Waals surface area contributed by atoms with Crippen LogP contribution < -0.4 is 10.2 Å². The number of piperazine rings is 1. The van der Waals surface area contributed by atoms with Crippen molar-refractivity contribution in [2.45, 2.75) is 44.6 Å². The largest absolute Gasteiger partial charge is 0.434 e. The van der Waals surface area contributed by atoms with Gasteiger partial charge in [-0.05, 0) is 25.3 Å². The highest BCUT2D eigenvalue weighted by atomic mass is 19.4. The summed E-state index contributed by atoms with van der Waals surface area (Å²) in [7, 11) is 0. The minimum atomic E-state index is -4.51. The molecule has 0 bridgehead atoms. The highest BCUT2D eigenvalue weighted by molar-refractivity contribution is 5.75. The molecule has 2 saturated heterocycles. The molecule has 3 heterocycles. The summed E-state index contributed by atoms with van der Waals surface area (Å²) >= 11 is 0. The Balaban J connectivity index is 1.24. The Labute approximate surface area is 191 Å². The number of amides is 2. The highest BCUT2D eigenvalue weighted by Crippen LogP contribution is 2.27. The minimum Gasteiger partial charge on any atom is -0.352 e. The number of hydrogen-bond donors (Lipinski definition) is 1. The number of hydrogen-bond acceptors (Lipinski definition) is 5. The Kier molecular flexibility index (Phi) is 7.02. The first-order valence-electron chi connectivity index (χ1n) is 11.3. The zero-order valence-corrected chi connectivity index (χ0v) is 18.6. The first-order chi connectivity index (χ1) is 15.8. The minimum absolute atomic E-state index is 0.0813. The molecule has 2 fully saturated rings. The lowest BCUT2D eigenvalue weighted by Gasteiger charge is -2.41. The number of halogens is 3. The number of benzene rings is 1. The standard InChI is InChI=1S/C23H29F3N6O/c1-17-15-31(21-14-27-20(13-28-21)23(24,25)26)11-12-32(17)22(33)29-19-7-9-30(10-8-19)16-18-5-3-2-4-6-18/h2-6,13-14,17,19H,7-12,15-16H2,1H3,(H,29,33)/t17-/m1/s1. The number of urea groups is 1. The number of nitrogens with zero attached hydrogens (tertiary/aromatic N) is 5. The molecule has 2 aliphatic heterocycles. The Morgan fingerprint density at radius 3 is 2.39 bits per heavy atom. The van der Waals surface area contributed by atoms with E-state index in [1.54, 1.807) is 4.90 Å². The van der Waals surface area contributed by atoms with E-state index in [4.69, 9.17) is 0 Å². The van der Waals surface area contributed by atoms with Gasteiger partial charge in [-0.2, -0.15) is 13.2 Å². The molecule has 0 saturated carbocycles. The number of alkyl halides is 3. The fourth-order valence-electron chi connectivity index (χ4n) is 4.43. The van der Waals surface area contributed by atoms with Crippen molar-refractivity contribution in [1.29, 1.82) is 0 Å². The van der Waals surface area contributed by atoms with Crippen molar-refractivity contribution >= 4 is 11.8 Å². The molecule has 2 aromatic rings. The molecule has 0 unspecified atom stereocenters. The summed E-state index contributed by atoms with van der Waals surface area (Å²) in [6, 6.07) is 10.3. The lowest BCUT2D eigenvalue weighted by Crippen LogP contribution is -2.58. The van der Waals surface area contributed by atoms with Crippen molar-refractivity contribution in [3.63, 3.8) is 0 Å². The second-order valence-corrected chi connectivity index (χ2v) is 8.73. The lowest BCUT2D eigenvalue weighted by molar-refractivity contribution is -0.141. The fraction of sp³-hybridized carbons (Fsp3) is 0.522. The maximum atomic E-state index is 12.9. The van der Waals surface area contributed by atoms with Crippen molar-refractivity contribution in [1.82, 2.24) is 25.1 Å². The molecule has 33 heavy (non-hydrogen) atoms. The van der Waals surface area contributed by atoms with E-state index in [-0.39, 0.29) is 18.1 Å². The van der Waals surface area contributed by atoms with E-state index < -0.39 is 11.9 Å². The summed E-state index contributed by atoms with van der Waals surface area (Å²) in [4.78, 5) is 26.4. The van der Waals surface area contributed by atoms with Gasteiger partial charge in [0, 0.05) is 51.4 Å². The maximum Gasteiger partial charge on any atom is 0.434 e. The molecule has 2 amide bonds. The van der Waals surface area contributed by atoms with Gasteiger partial charge in [0.05, 0.1) is 12.4 Å². The van der Waals surface area contributed by atoms with Gasteiger partial charge in [0.1, 0.15) is 5.82 Å². The van der Waals surface area contributed by atoms with E-state index in [0.29, 0.717) is 25.5 Å². The molecule has 1 N–H and O–H groups in total. The van der Waals surface area contributed by atoms with Crippen molar-refractivity contribution in [2.75, 3.05) is 37.6 Å². The van der Waals surface area contributed by atoms with Crippen LogP contribution in [0.4, 0.5) is 23.8 Å².